The Morgan fingerprint density at radius 2 is 1.42 bits per heavy atom. The van der Waals surface area contributed by atoms with Gasteiger partial charge in [0.05, 0.1) is 36.9 Å². The molecular weight excluding hydrogens is 390 g/mol. The van der Waals surface area contributed by atoms with E-state index in [1.807, 2.05) is 0 Å². The minimum Gasteiger partial charge on any atom is -0.457 e. The number of hydrogen-bond donors (Lipinski definition) is 0. The van der Waals surface area contributed by atoms with Crippen LogP contribution in [0.4, 0.5) is 0 Å². The van der Waals surface area contributed by atoms with Crippen molar-refractivity contribution in [1.29, 1.82) is 0 Å². The Balaban J connectivity index is 1.27. The Hall–Kier alpha value is -0.790. The molecule has 4 aliphatic rings. The Morgan fingerprint density at radius 3 is 1.96 bits per heavy atom. The fraction of sp³-hybridized carbons (Fsp3) is 0.929. The van der Waals surface area contributed by atoms with Crippen molar-refractivity contribution in [2.75, 3.05) is 26.4 Å². The summed E-state index contributed by atoms with van der Waals surface area (Å²) in [6.45, 7) is 2.83. The summed E-state index contributed by atoms with van der Waals surface area (Å²) >= 11 is 0. The van der Waals surface area contributed by atoms with E-state index < -0.39 is 17.3 Å². The first-order valence-corrected chi connectivity index (χ1v) is 10.6. The van der Waals surface area contributed by atoms with Gasteiger partial charge in [-0.1, -0.05) is 21.6 Å². The van der Waals surface area contributed by atoms with Gasteiger partial charge < -0.3 is 28.5 Å². The van der Waals surface area contributed by atoms with Gasteiger partial charge in [-0.2, -0.15) is 0 Å². The molecule has 0 aromatic carbocycles. The van der Waals surface area contributed by atoms with Crippen LogP contribution in [0.5, 0.6) is 0 Å². The summed E-state index contributed by atoms with van der Waals surface area (Å²) in [6.07, 6.45) is -2.02. The summed E-state index contributed by atoms with van der Waals surface area (Å²) in [5.41, 5.74) is 0. The van der Waals surface area contributed by atoms with Gasteiger partial charge in [-0.3, -0.25) is 4.79 Å². The van der Waals surface area contributed by atoms with Crippen LogP contribution in [0.2, 0.25) is 0 Å². The predicted molar refractivity (Wildman–Crippen MR) is 89.1 cm³/mol. The van der Waals surface area contributed by atoms with Crippen LogP contribution in [0.25, 0.3) is 0 Å². The highest BCUT2D eigenvalue weighted by atomic mass is 33.1. The molecule has 4 unspecified atom stereocenters. The van der Waals surface area contributed by atoms with Gasteiger partial charge in [0.25, 0.3) is 5.09 Å². The highest BCUT2D eigenvalue weighted by Crippen LogP contribution is 2.45. The number of nitrogens with zero attached hydrogens (tertiary/aromatic N) is 1. The first-order valence-electron chi connectivity index (χ1n) is 8.30. The number of rotatable bonds is 6. The lowest BCUT2D eigenvalue weighted by atomic mass is 10.1. The van der Waals surface area contributed by atoms with Crippen LogP contribution in [0.15, 0.2) is 0 Å². The number of ether oxygens (including phenoxy) is 5. The van der Waals surface area contributed by atoms with Crippen LogP contribution in [0.1, 0.15) is 6.92 Å². The molecule has 12 heteroatoms. The Kier molecular flexibility index (Phi) is 5.48. The maximum absolute atomic E-state index is 11.1. The topological polar surface area (TPSA) is 116 Å². The molecule has 0 N–H and O–H groups in total. The molecular formula is C14H19NO9S2. The van der Waals surface area contributed by atoms with Gasteiger partial charge in [0.1, 0.15) is 24.4 Å². The van der Waals surface area contributed by atoms with Crippen LogP contribution in [0.3, 0.4) is 0 Å². The van der Waals surface area contributed by atoms with E-state index in [9.17, 15) is 14.9 Å². The standard InChI is InChI=1S/C14H19NO9S2/c1-6(16)23-7-2-19-13-9(4-21-11(7)13)25-26-10-5-22-12-8(24-15(17)18)3-20-14(10)12/h7-14H,2-5H2,1H3/t7?,8?,9?,10?,11-,12-,13-,14-/m1/s1. The minimum absolute atomic E-state index is 0.0510. The second kappa shape index (κ2) is 7.68. The Labute approximate surface area is 157 Å². The molecule has 4 heterocycles. The third kappa shape index (κ3) is 3.62. The van der Waals surface area contributed by atoms with Gasteiger partial charge in [0.15, 0.2) is 12.2 Å². The van der Waals surface area contributed by atoms with E-state index in [4.69, 9.17) is 23.7 Å². The van der Waals surface area contributed by atoms with Crippen molar-refractivity contribution >= 4 is 27.6 Å². The van der Waals surface area contributed by atoms with E-state index in [-0.39, 0.29) is 47.5 Å². The Morgan fingerprint density at radius 1 is 0.923 bits per heavy atom. The zero-order valence-electron chi connectivity index (χ0n) is 13.9. The molecule has 26 heavy (non-hydrogen) atoms. The molecule has 10 nitrogen and oxygen atoms in total. The normalized spacial score (nSPS) is 43.9. The van der Waals surface area contributed by atoms with Crippen molar-refractivity contribution in [3.63, 3.8) is 0 Å². The van der Waals surface area contributed by atoms with Gasteiger partial charge >= 0.3 is 5.97 Å². The monoisotopic (exact) mass is 409 g/mol. The van der Waals surface area contributed by atoms with Crippen molar-refractivity contribution in [2.45, 2.75) is 54.0 Å². The third-order valence-electron chi connectivity index (χ3n) is 4.77. The second-order valence-electron chi connectivity index (χ2n) is 6.48. The molecule has 146 valence electrons. The average molecular weight is 409 g/mol. The summed E-state index contributed by atoms with van der Waals surface area (Å²) in [5, 5.41) is 9.88. The van der Waals surface area contributed by atoms with Gasteiger partial charge in [0, 0.05) is 6.92 Å². The summed E-state index contributed by atoms with van der Waals surface area (Å²) < 4.78 is 28.1. The summed E-state index contributed by atoms with van der Waals surface area (Å²) in [6, 6.07) is 0. The molecule has 0 bridgehead atoms. The second-order valence-corrected chi connectivity index (χ2v) is 9.23. The largest absolute Gasteiger partial charge is 0.457 e. The van der Waals surface area contributed by atoms with Crippen molar-refractivity contribution in [2.24, 2.45) is 0 Å². The lowest BCUT2D eigenvalue weighted by Crippen LogP contribution is -2.33. The van der Waals surface area contributed by atoms with E-state index in [0.29, 0.717) is 19.8 Å². The van der Waals surface area contributed by atoms with Crippen molar-refractivity contribution in [3.8, 4) is 0 Å². The lowest BCUT2D eigenvalue weighted by Gasteiger charge is -2.19. The van der Waals surface area contributed by atoms with Crippen LogP contribution < -0.4 is 0 Å². The van der Waals surface area contributed by atoms with Crippen LogP contribution in [-0.4, -0.2) is 84.6 Å². The first kappa shape index (κ1) is 18.6. The van der Waals surface area contributed by atoms with Crippen LogP contribution >= 0.6 is 21.6 Å². The van der Waals surface area contributed by atoms with Gasteiger partial charge in [-0.05, 0) is 0 Å². The molecule has 0 amide bonds. The smallest absolute Gasteiger partial charge is 0.303 e. The van der Waals surface area contributed by atoms with E-state index in [1.54, 1.807) is 21.6 Å². The quantitative estimate of drug-likeness (QED) is 0.259. The number of esters is 1. The SMILES string of the molecule is CC(=O)OC1CO[C@@H]2C(SSC3CO[C@@H]4C(O[N+](=O)[O-])CO[C@H]34)CO[C@H]12. The number of carbonyl (C=O) groups is 1. The molecule has 0 saturated carbocycles. The lowest BCUT2D eigenvalue weighted by molar-refractivity contribution is -0.769. The van der Waals surface area contributed by atoms with Gasteiger partial charge in [-0.15, -0.1) is 10.1 Å². The van der Waals surface area contributed by atoms with E-state index in [0.717, 1.165) is 0 Å². The summed E-state index contributed by atoms with van der Waals surface area (Å²) in [7, 11) is 3.25. The molecule has 4 saturated heterocycles. The summed E-state index contributed by atoms with van der Waals surface area (Å²) in [5.74, 6) is -0.340. The highest BCUT2D eigenvalue weighted by Gasteiger charge is 2.52. The molecule has 0 radical (unpaired) electrons. The molecule has 0 spiro atoms. The van der Waals surface area contributed by atoms with Gasteiger partial charge in [-0.25, -0.2) is 0 Å². The molecule has 0 aliphatic carbocycles. The fourth-order valence-electron chi connectivity index (χ4n) is 3.68. The Bertz CT molecular complexity index is 519. The van der Waals surface area contributed by atoms with Gasteiger partial charge in [0.2, 0.25) is 0 Å². The number of fused-ring (bicyclic) bond motifs is 2. The average Bonchev–Trinajstić information content (AvgIpc) is 3.30. The van der Waals surface area contributed by atoms with Crippen molar-refractivity contribution < 1.29 is 38.4 Å². The van der Waals surface area contributed by atoms with E-state index in [1.165, 1.54) is 6.92 Å². The molecule has 8 atom stereocenters. The van der Waals surface area contributed by atoms with E-state index >= 15 is 0 Å². The first-order chi connectivity index (χ1) is 12.5. The summed E-state index contributed by atoms with van der Waals surface area (Å²) in [4.78, 5) is 26.3. The van der Waals surface area contributed by atoms with Crippen molar-refractivity contribution in [3.05, 3.63) is 10.1 Å². The minimum atomic E-state index is -0.804. The molecule has 4 rings (SSSR count). The molecule has 4 aliphatic heterocycles. The van der Waals surface area contributed by atoms with Crippen molar-refractivity contribution in [1.82, 2.24) is 0 Å². The van der Waals surface area contributed by atoms with Crippen LogP contribution in [0, 0.1) is 10.1 Å². The zero-order valence-corrected chi connectivity index (χ0v) is 15.5. The molecule has 0 aromatic rings. The van der Waals surface area contributed by atoms with E-state index in [2.05, 4.69) is 4.84 Å². The molecule has 4 fully saturated rings. The van der Waals surface area contributed by atoms with Crippen LogP contribution in [-0.2, 0) is 33.3 Å². The third-order valence-corrected chi connectivity index (χ3v) is 8.00. The zero-order chi connectivity index (χ0) is 18.3. The predicted octanol–water partition coefficient (Wildman–Crippen LogP) is 0.209. The molecule has 0 aromatic heterocycles. The fourth-order valence-corrected chi connectivity index (χ4v) is 6.77. The number of carbonyl (C=O) groups excluding carboxylic acids is 1. The maximum atomic E-state index is 11.1. The maximum Gasteiger partial charge on any atom is 0.303 e. The highest BCUT2D eigenvalue weighted by molar-refractivity contribution is 8.77. The number of hydrogen-bond acceptors (Lipinski definition) is 11.